The lowest BCUT2D eigenvalue weighted by molar-refractivity contribution is 0.111. The fourth-order valence-electron chi connectivity index (χ4n) is 2.87. The van der Waals surface area contributed by atoms with Gasteiger partial charge in [0, 0.05) is 11.1 Å². The third-order valence-corrected chi connectivity index (χ3v) is 4.11. The first kappa shape index (κ1) is 17.2. The van der Waals surface area contributed by atoms with Crippen molar-refractivity contribution in [2.75, 3.05) is 12.3 Å². The highest BCUT2D eigenvalue weighted by molar-refractivity contribution is 5.68. The molecule has 3 rings (SSSR count). The van der Waals surface area contributed by atoms with Gasteiger partial charge in [-0.15, -0.1) is 0 Å². The number of nitrogen functional groups attached to an aromatic ring is 1. The van der Waals surface area contributed by atoms with Crippen LogP contribution in [0, 0.1) is 5.82 Å². The summed E-state index contributed by atoms with van der Waals surface area (Å²) >= 11 is 0. The van der Waals surface area contributed by atoms with Gasteiger partial charge < -0.3 is 10.5 Å². The molecule has 0 atom stereocenters. The highest BCUT2D eigenvalue weighted by Crippen LogP contribution is 2.28. The predicted octanol–water partition coefficient (Wildman–Crippen LogP) is 4.05. The molecule has 2 N–H and O–H groups in total. The Morgan fingerprint density at radius 3 is 2.48 bits per heavy atom. The number of hydrogen-bond donors (Lipinski definition) is 1. The summed E-state index contributed by atoms with van der Waals surface area (Å²) in [4.78, 5) is 0. The van der Waals surface area contributed by atoms with E-state index in [4.69, 9.17) is 10.5 Å². The Balaban J connectivity index is 1.73. The van der Waals surface area contributed by atoms with E-state index >= 15 is 0 Å². The smallest absolute Gasteiger partial charge is 0.149 e. The average Bonchev–Trinajstić information content (AvgIpc) is 2.95. The van der Waals surface area contributed by atoms with Gasteiger partial charge in [-0.05, 0) is 36.2 Å². The second-order valence-electron chi connectivity index (χ2n) is 5.83. The van der Waals surface area contributed by atoms with Crippen LogP contribution in [0.4, 0.5) is 10.2 Å². The summed E-state index contributed by atoms with van der Waals surface area (Å²) in [6.07, 6.45) is 0.767. The predicted molar refractivity (Wildman–Crippen MR) is 97.5 cm³/mol. The molecule has 130 valence electrons. The Morgan fingerprint density at radius 1 is 1.08 bits per heavy atom. The standard InChI is InChI=1S/C20H22FN3O/c1-2-18-19(16-8-10-17(21)11-9-16)24(23-20(18)22)12-13-25-14-15-6-4-3-5-7-15/h3-11H,2,12-14H2,1H3,(H2,22,23). The molecule has 0 aliphatic rings. The number of aromatic nitrogens is 2. The molecule has 0 radical (unpaired) electrons. The fourth-order valence-corrected chi connectivity index (χ4v) is 2.87. The number of ether oxygens (including phenoxy) is 1. The number of benzene rings is 2. The largest absolute Gasteiger partial charge is 0.382 e. The summed E-state index contributed by atoms with van der Waals surface area (Å²) in [5.41, 5.74) is 10.0. The lowest BCUT2D eigenvalue weighted by Gasteiger charge is -2.10. The van der Waals surface area contributed by atoms with E-state index in [0.717, 1.165) is 28.8 Å². The van der Waals surface area contributed by atoms with Crippen LogP contribution in [-0.4, -0.2) is 16.4 Å². The average molecular weight is 339 g/mol. The number of rotatable bonds is 7. The zero-order valence-electron chi connectivity index (χ0n) is 14.3. The van der Waals surface area contributed by atoms with E-state index in [1.807, 2.05) is 41.9 Å². The van der Waals surface area contributed by atoms with Crippen LogP contribution in [0.2, 0.25) is 0 Å². The van der Waals surface area contributed by atoms with Crippen LogP contribution >= 0.6 is 0 Å². The van der Waals surface area contributed by atoms with Gasteiger partial charge in [0.05, 0.1) is 25.5 Å². The second-order valence-corrected chi connectivity index (χ2v) is 5.83. The van der Waals surface area contributed by atoms with Crippen molar-refractivity contribution in [2.45, 2.75) is 26.5 Å². The lowest BCUT2D eigenvalue weighted by Crippen LogP contribution is -2.09. The second kappa shape index (κ2) is 7.94. The molecule has 4 nitrogen and oxygen atoms in total. The van der Waals surface area contributed by atoms with Crippen molar-refractivity contribution in [3.63, 3.8) is 0 Å². The van der Waals surface area contributed by atoms with Crippen LogP contribution in [0.3, 0.4) is 0 Å². The van der Waals surface area contributed by atoms with Crippen LogP contribution in [0.1, 0.15) is 18.1 Å². The molecule has 25 heavy (non-hydrogen) atoms. The topological polar surface area (TPSA) is 53.1 Å². The maximum absolute atomic E-state index is 13.2. The van der Waals surface area contributed by atoms with Crippen LogP contribution in [-0.2, 0) is 24.3 Å². The Morgan fingerprint density at radius 2 is 1.80 bits per heavy atom. The third kappa shape index (κ3) is 4.06. The molecule has 0 aliphatic carbocycles. The van der Waals surface area contributed by atoms with Gasteiger partial charge in [0.25, 0.3) is 0 Å². The summed E-state index contributed by atoms with van der Waals surface area (Å²) in [5.74, 6) is 0.261. The number of nitrogens with zero attached hydrogens (tertiary/aromatic N) is 2. The maximum Gasteiger partial charge on any atom is 0.149 e. The first-order chi connectivity index (χ1) is 12.2. The number of halogens is 1. The molecular formula is C20H22FN3O. The Bertz CT molecular complexity index is 813. The molecular weight excluding hydrogens is 317 g/mol. The molecule has 2 aromatic carbocycles. The highest BCUT2D eigenvalue weighted by Gasteiger charge is 2.16. The molecule has 0 spiro atoms. The summed E-state index contributed by atoms with van der Waals surface area (Å²) in [5, 5.41) is 4.45. The lowest BCUT2D eigenvalue weighted by atomic mass is 10.1. The molecule has 0 bridgehead atoms. The van der Waals surface area contributed by atoms with Crippen molar-refractivity contribution in [2.24, 2.45) is 0 Å². The van der Waals surface area contributed by atoms with Crippen molar-refractivity contribution < 1.29 is 9.13 Å². The van der Waals surface area contributed by atoms with Crippen molar-refractivity contribution in [1.29, 1.82) is 0 Å². The number of anilines is 1. The Hall–Kier alpha value is -2.66. The van der Waals surface area contributed by atoms with E-state index in [1.54, 1.807) is 12.1 Å². The van der Waals surface area contributed by atoms with E-state index in [-0.39, 0.29) is 5.82 Å². The summed E-state index contributed by atoms with van der Waals surface area (Å²) in [7, 11) is 0. The van der Waals surface area contributed by atoms with Gasteiger partial charge in [0.2, 0.25) is 0 Å². The number of hydrogen-bond acceptors (Lipinski definition) is 3. The molecule has 0 saturated heterocycles. The van der Waals surface area contributed by atoms with Gasteiger partial charge in [-0.3, -0.25) is 4.68 Å². The summed E-state index contributed by atoms with van der Waals surface area (Å²) < 4.78 is 20.8. The minimum absolute atomic E-state index is 0.257. The van der Waals surface area contributed by atoms with E-state index < -0.39 is 0 Å². The normalized spacial score (nSPS) is 11.0. The van der Waals surface area contributed by atoms with Crippen LogP contribution < -0.4 is 5.73 Å². The van der Waals surface area contributed by atoms with Gasteiger partial charge in [0.15, 0.2) is 0 Å². The van der Waals surface area contributed by atoms with E-state index in [2.05, 4.69) is 5.10 Å². The minimum atomic E-state index is -0.257. The molecule has 0 aliphatic heterocycles. The quantitative estimate of drug-likeness (QED) is 0.661. The van der Waals surface area contributed by atoms with E-state index in [9.17, 15) is 4.39 Å². The SMILES string of the molecule is CCc1c(N)nn(CCOCc2ccccc2)c1-c1ccc(F)cc1. The maximum atomic E-state index is 13.2. The zero-order chi connectivity index (χ0) is 17.6. The van der Waals surface area contributed by atoms with Crippen LogP contribution in [0.5, 0.6) is 0 Å². The van der Waals surface area contributed by atoms with Crippen molar-refractivity contribution in [1.82, 2.24) is 9.78 Å². The molecule has 1 heterocycles. The zero-order valence-corrected chi connectivity index (χ0v) is 14.3. The molecule has 5 heteroatoms. The number of nitrogens with two attached hydrogens (primary N) is 1. The van der Waals surface area contributed by atoms with Gasteiger partial charge in [0.1, 0.15) is 11.6 Å². The van der Waals surface area contributed by atoms with Crippen molar-refractivity contribution in [3.8, 4) is 11.3 Å². The first-order valence-corrected chi connectivity index (χ1v) is 8.41. The van der Waals surface area contributed by atoms with Gasteiger partial charge >= 0.3 is 0 Å². The van der Waals surface area contributed by atoms with E-state index in [1.165, 1.54) is 12.1 Å². The molecule has 0 amide bonds. The molecule has 0 unspecified atom stereocenters. The van der Waals surface area contributed by atoms with Crippen molar-refractivity contribution in [3.05, 3.63) is 71.5 Å². The van der Waals surface area contributed by atoms with Crippen LogP contribution in [0.15, 0.2) is 54.6 Å². The molecule has 3 aromatic rings. The summed E-state index contributed by atoms with van der Waals surface area (Å²) in [6, 6.07) is 16.5. The Kier molecular flexibility index (Phi) is 5.46. The van der Waals surface area contributed by atoms with Crippen molar-refractivity contribution >= 4 is 5.82 Å². The van der Waals surface area contributed by atoms with Crippen LogP contribution in [0.25, 0.3) is 11.3 Å². The van der Waals surface area contributed by atoms with Gasteiger partial charge in [-0.1, -0.05) is 37.3 Å². The van der Waals surface area contributed by atoms with Gasteiger partial charge in [-0.25, -0.2) is 4.39 Å². The molecule has 0 fully saturated rings. The van der Waals surface area contributed by atoms with E-state index in [0.29, 0.717) is 25.6 Å². The van der Waals surface area contributed by atoms with Gasteiger partial charge in [-0.2, -0.15) is 5.10 Å². The molecule has 1 aromatic heterocycles. The fraction of sp³-hybridized carbons (Fsp3) is 0.250. The minimum Gasteiger partial charge on any atom is -0.382 e. The molecule has 0 saturated carbocycles. The Labute approximate surface area is 147 Å². The monoisotopic (exact) mass is 339 g/mol. The highest BCUT2D eigenvalue weighted by atomic mass is 19.1. The third-order valence-electron chi connectivity index (χ3n) is 4.11. The first-order valence-electron chi connectivity index (χ1n) is 8.41. The summed E-state index contributed by atoms with van der Waals surface area (Å²) in [6.45, 7) is 3.71.